The van der Waals surface area contributed by atoms with Crippen LogP contribution in [-0.2, 0) is 5.75 Å². The lowest BCUT2D eigenvalue weighted by Crippen LogP contribution is -2.18. The van der Waals surface area contributed by atoms with Crippen LogP contribution in [0.3, 0.4) is 0 Å². The molecule has 0 fully saturated rings. The fourth-order valence-electron chi connectivity index (χ4n) is 1.97. The normalized spacial score (nSPS) is 15.7. The maximum Gasteiger partial charge on any atom is 0.122 e. The number of ether oxygens (including phenoxy) is 1. The molecular formula is C16H27NO2S. The van der Waals surface area contributed by atoms with Crippen molar-refractivity contribution in [1.82, 2.24) is 5.32 Å². The zero-order chi connectivity index (χ0) is 15.1. The van der Waals surface area contributed by atoms with E-state index in [9.17, 15) is 5.11 Å². The van der Waals surface area contributed by atoms with Crippen molar-refractivity contribution in [3.05, 3.63) is 29.3 Å². The summed E-state index contributed by atoms with van der Waals surface area (Å²) in [7, 11) is 1.70. The van der Waals surface area contributed by atoms with Gasteiger partial charge in [0.05, 0.1) is 13.2 Å². The number of hydrogen-bond acceptors (Lipinski definition) is 4. The van der Waals surface area contributed by atoms with Crippen molar-refractivity contribution < 1.29 is 9.84 Å². The van der Waals surface area contributed by atoms with Gasteiger partial charge in [0.25, 0.3) is 0 Å². The number of rotatable bonds is 8. The molecule has 0 aromatic heterocycles. The van der Waals surface area contributed by atoms with Crippen LogP contribution in [0, 0.1) is 0 Å². The first-order chi connectivity index (χ1) is 9.49. The average Bonchev–Trinajstić information content (AvgIpc) is 2.44. The molecule has 0 aliphatic carbocycles. The third-order valence-corrected chi connectivity index (χ3v) is 4.89. The lowest BCUT2D eigenvalue weighted by Gasteiger charge is -2.18. The molecular weight excluding hydrogens is 270 g/mol. The van der Waals surface area contributed by atoms with Gasteiger partial charge in [-0.3, -0.25) is 0 Å². The minimum absolute atomic E-state index is 0.217. The summed E-state index contributed by atoms with van der Waals surface area (Å²) in [6, 6.07) is 6.68. The monoisotopic (exact) mass is 297 g/mol. The van der Waals surface area contributed by atoms with Crippen molar-refractivity contribution in [2.75, 3.05) is 13.7 Å². The molecule has 0 aliphatic heterocycles. The molecule has 1 aromatic carbocycles. The van der Waals surface area contributed by atoms with Gasteiger partial charge < -0.3 is 15.2 Å². The summed E-state index contributed by atoms with van der Waals surface area (Å²) >= 11 is 1.75. The smallest absolute Gasteiger partial charge is 0.122 e. The molecule has 3 atom stereocenters. The summed E-state index contributed by atoms with van der Waals surface area (Å²) in [6.45, 7) is 9.11. The van der Waals surface area contributed by atoms with Gasteiger partial charge >= 0.3 is 0 Å². The van der Waals surface area contributed by atoms with E-state index in [-0.39, 0.29) is 11.4 Å². The van der Waals surface area contributed by atoms with Gasteiger partial charge in [0.2, 0.25) is 0 Å². The summed E-state index contributed by atoms with van der Waals surface area (Å²) in [5.74, 6) is 1.77. The van der Waals surface area contributed by atoms with Gasteiger partial charge in [-0.2, -0.15) is 11.8 Å². The van der Waals surface area contributed by atoms with Crippen LogP contribution in [0.5, 0.6) is 5.75 Å². The molecule has 0 saturated carbocycles. The second kappa shape index (κ2) is 8.55. The Morgan fingerprint density at radius 2 is 2.00 bits per heavy atom. The zero-order valence-corrected chi connectivity index (χ0v) is 14.0. The molecule has 20 heavy (non-hydrogen) atoms. The Morgan fingerprint density at radius 1 is 1.30 bits per heavy atom. The number of methoxy groups -OCH3 is 1. The number of nitrogens with one attached hydrogen (secondary N) is 1. The first-order valence-corrected chi connectivity index (χ1v) is 8.24. The van der Waals surface area contributed by atoms with Crippen LogP contribution in [0.15, 0.2) is 18.2 Å². The van der Waals surface area contributed by atoms with Gasteiger partial charge in [0.1, 0.15) is 5.75 Å². The highest BCUT2D eigenvalue weighted by Gasteiger charge is 2.13. The van der Waals surface area contributed by atoms with Crippen molar-refractivity contribution in [3.8, 4) is 5.75 Å². The maximum atomic E-state index is 9.58. The first kappa shape index (κ1) is 17.3. The van der Waals surface area contributed by atoms with Crippen LogP contribution in [0.25, 0.3) is 0 Å². The van der Waals surface area contributed by atoms with Crippen LogP contribution in [-0.4, -0.2) is 30.1 Å². The Kier molecular flexibility index (Phi) is 7.41. The van der Waals surface area contributed by atoms with E-state index in [1.165, 1.54) is 11.1 Å². The van der Waals surface area contributed by atoms with E-state index >= 15 is 0 Å². The third kappa shape index (κ3) is 5.00. The Labute approximate surface area is 127 Å². The molecule has 114 valence electrons. The van der Waals surface area contributed by atoms with Gasteiger partial charge in [0, 0.05) is 22.6 Å². The minimum atomic E-state index is -0.296. The predicted octanol–water partition coefficient (Wildman–Crippen LogP) is 3.37. The first-order valence-electron chi connectivity index (χ1n) is 7.19. The van der Waals surface area contributed by atoms with Gasteiger partial charge in [-0.05, 0) is 38.1 Å². The molecule has 2 N–H and O–H groups in total. The third-order valence-electron chi connectivity index (χ3n) is 3.50. The van der Waals surface area contributed by atoms with E-state index in [1.807, 2.05) is 19.9 Å². The molecule has 1 rings (SSSR count). The number of aliphatic hydroxyl groups is 1. The Balaban J connectivity index is 2.83. The molecule has 0 aliphatic rings. The van der Waals surface area contributed by atoms with Crippen molar-refractivity contribution in [3.63, 3.8) is 0 Å². The Bertz CT molecular complexity index is 409. The Morgan fingerprint density at radius 3 is 2.55 bits per heavy atom. The summed E-state index contributed by atoms with van der Waals surface area (Å²) in [4.78, 5) is 0. The molecule has 0 radical (unpaired) electrons. The Hall–Kier alpha value is -0.710. The maximum absolute atomic E-state index is 9.58. The van der Waals surface area contributed by atoms with Crippen LogP contribution in [0.4, 0.5) is 0 Å². The number of thioether (sulfide) groups is 1. The molecule has 0 bridgehead atoms. The van der Waals surface area contributed by atoms with Gasteiger partial charge in [0.15, 0.2) is 0 Å². The van der Waals surface area contributed by atoms with E-state index in [0.717, 1.165) is 18.0 Å². The van der Waals surface area contributed by atoms with Crippen LogP contribution < -0.4 is 10.1 Å². The second-order valence-corrected chi connectivity index (χ2v) is 6.47. The lowest BCUT2D eigenvalue weighted by atomic mass is 10.0. The molecule has 0 saturated heterocycles. The van der Waals surface area contributed by atoms with Crippen molar-refractivity contribution in [1.29, 1.82) is 0 Å². The van der Waals surface area contributed by atoms with Crippen molar-refractivity contribution in [2.24, 2.45) is 0 Å². The molecule has 4 heteroatoms. The number of hydrogen-bond donors (Lipinski definition) is 2. The molecule has 1 aromatic rings. The molecule has 0 spiro atoms. The van der Waals surface area contributed by atoms with E-state index in [4.69, 9.17) is 4.74 Å². The molecule has 3 nitrogen and oxygen atoms in total. The SMILES string of the molecule is CCNC(C)c1ccc(OC)c(CSC(C)C(C)O)c1. The minimum Gasteiger partial charge on any atom is -0.496 e. The lowest BCUT2D eigenvalue weighted by molar-refractivity contribution is 0.196. The second-order valence-electron chi connectivity index (χ2n) is 5.11. The van der Waals surface area contributed by atoms with E-state index in [1.54, 1.807) is 18.9 Å². The fourth-order valence-corrected chi connectivity index (χ4v) is 2.91. The van der Waals surface area contributed by atoms with E-state index < -0.39 is 0 Å². The van der Waals surface area contributed by atoms with E-state index in [0.29, 0.717) is 6.04 Å². The number of benzene rings is 1. The molecule has 0 amide bonds. The summed E-state index contributed by atoms with van der Waals surface area (Å²) in [6.07, 6.45) is -0.296. The van der Waals surface area contributed by atoms with Crippen molar-refractivity contribution >= 4 is 11.8 Å². The number of aliphatic hydroxyl groups excluding tert-OH is 1. The average molecular weight is 297 g/mol. The highest BCUT2D eigenvalue weighted by atomic mass is 32.2. The standard InChI is InChI=1S/C16H27NO2S/c1-6-17-11(2)14-7-8-16(19-5)15(9-14)10-20-13(4)12(3)18/h7-9,11-13,17-18H,6,10H2,1-5H3. The highest BCUT2D eigenvalue weighted by molar-refractivity contribution is 7.99. The van der Waals surface area contributed by atoms with Gasteiger partial charge in [-0.15, -0.1) is 0 Å². The fraction of sp³-hybridized carbons (Fsp3) is 0.625. The van der Waals surface area contributed by atoms with Gasteiger partial charge in [-0.25, -0.2) is 0 Å². The topological polar surface area (TPSA) is 41.5 Å². The quantitative estimate of drug-likeness (QED) is 0.772. The van der Waals surface area contributed by atoms with Gasteiger partial charge in [-0.1, -0.05) is 19.9 Å². The molecule has 0 heterocycles. The summed E-state index contributed by atoms with van der Waals surface area (Å²) in [5.41, 5.74) is 2.46. The van der Waals surface area contributed by atoms with Crippen LogP contribution in [0.2, 0.25) is 0 Å². The van der Waals surface area contributed by atoms with Crippen LogP contribution in [0.1, 0.15) is 44.9 Å². The predicted molar refractivity (Wildman–Crippen MR) is 87.5 cm³/mol. The summed E-state index contributed by atoms with van der Waals surface area (Å²) < 4.78 is 5.44. The van der Waals surface area contributed by atoms with Crippen molar-refractivity contribution in [2.45, 2.75) is 50.8 Å². The van der Waals surface area contributed by atoms with Crippen LogP contribution >= 0.6 is 11.8 Å². The summed E-state index contributed by atoms with van der Waals surface area (Å²) in [5, 5.41) is 13.2. The largest absolute Gasteiger partial charge is 0.496 e. The zero-order valence-electron chi connectivity index (χ0n) is 13.1. The highest BCUT2D eigenvalue weighted by Crippen LogP contribution is 2.29. The van der Waals surface area contributed by atoms with E-state index in [2.05, 4.69) is 31.3 Å². The molecule has 3 unspecified atom stereocenters.